The molecular formula is C24H22ClFN2O2S. The number of benzene rings is 3. The lowest BCUT2D eigenvalue weighted by Crippen LogP contribution is -2.14. The largest absolute Gasteiger partial charge is 0.316 e. The average molecular weight is 457 g/mol. The summed E-state index contributed by atoms with van der Waals surface area (Å²) in [4.78, 5) is -0.352. The fraction of sp³-hybridized carbons (Fsp3) is 0.167. The second-order valence-corrected chi connectivity index (χ2v) is 9.73. The van der Waals surface area contributed by atoms with Gasteiger partial charge in [0.15, 0.2) is 0 Å². The monoisotopic (exact) mass is 456 g/mol. The molecule has 31 heavy (non-hydrogen) atoms. The van der Waals surface area contributed by atoms with Crippen molar-refractivity contribution in [2.45, 2.75) is 24.8 Å². The van der Waals surface area contributed by atoms with Gasteiger partial charge >= 0.3 is 0 Å². The fourth-order valence-corrected chi connectivity index (χ4v) is 5.48. The summed E-state index contributed by atoms with van der Waals surface area (Å²) in [6, 6.07) is 17.0. The number of aromatic nitrogens is 1. The van der Waals surface area contributed by atoms with Crippen molar-refractivity contribution in [3.05, 3.63) is 100.0 Å². The first kappa shape index (κ1) is 21.6. The van der Waals surface area contributed by atoms with Gasteiger partial charge in [0.1, 0.15) is 10.7 Å². The van der Waals surface area contributed by atoms with Crippen molar-refractivity contribution < 1.29 is 12.8 Å². The Balaban J connectivity index is 1.87. The van der Waals surface area contributed by atoms with E-state index in [1.54, 1.807) is 13.2 Å². The summed E-state index contributed by atoms with van der Waals surface area (Å²) >= 11 is 6.39. The van der Waals surface area contributed by atoms with E-state index in [2.05, 4.69) is 5.32 Å². The summed E-state index contributed by atoms with van der Waals surface area (Å²) < 4.78 is 42.2. The zero-order chi connectivity index (χ0) is 22.2. The molecule has 160 valence electrons. The number of halogens is 2. The number of aryl methyl sites for hydroxylation is 1. The van der Waals surface area contributed by atoms with Crippen molar-refractivity contribution in [3.8, 4) is 0 Å². The molecule has 0 fully saturated rings. The van der Waals surface area contributed by atoms with Crippen LogP contribution in [0.5, 0.6) is 0 Å². The van der Waals surface area contributed by atoms with Gasteiger partial charge in [0.25, 0.3) is 10.0 Å². The molecule has 0 saturated carbocycles. The Morgan fingerprint density at radius 1 is 1.03 bits per heavy atom. The fourth-order valence-electron chi connectivity index (χ4n) is 3.73. The number of hydrogen-bond acceptors (Lipinski definition) is 3. The van der Waals surface area contributed by atoms with E-state index in [0.29, 0.717) is 23.5 Å². The van der Waals surface area contributed by atoms with Crippen molar-refractivity contribution in [3.63, 3.8) is 0 Å². The van der Waals surface area contributed by atoms with Gasteiger partial charge in [0.05, 0.1) is 5.52 Å². The lowest BCUT2D eigenvalue weighted by Gasteiger charge is -2.10. The highest BCUT2D eigenvalue weighted by Crippen LogP contribution is 2.29. The molecule has 0 atom stereocenters. The molecule has 7 heteroatoms. The smallest absolute Gasteiger partial charge is 0.271 e. The Kier molecular flexibility index (Phi) is 5.88. The first-order valence-electron chi connectivity index (χ1n) is 9.84. The van der Waals surface area contributed by atoms with E-state index >= 15 is 0 Å². The zero-order valence-electron chi connectivity index (χ0n) is 17.2. The molecule has 0 aliphatic rings. The predicted molar refractivity (Wildman–Crippen MR) is 123 cm³/mol. The van der Waals surface area contributed by atoms with Gasteiger partial charge in [-0.15, -0.1) is 0 Å². The van der Waals surface area contributed by atoms with Crippen LogP contribution in [0.25, 0.3) is 10.9 Å². The number of fused-ring (bicyclic) bond motifs is 1. The van der Waals surface area contributed by atoms with Gasteiger partial charge in [-0.05, 0) is 66.9 Å². The van der Waals surface area contributed by atoms with Crippen LogP contribution in [0, 0.1) is 12.7 Å². The van der Waals surface area contributed by atoms with Gasteiger partial charge < -0.3 is 5.32 Å². The van der Waals surface area contributed by atoms with E-state index in [1.807, 2.05) is 43.3 Å². The molecule has 0 aliphatic heterocycles. The maximum absolute atomic E-state index is 14.4. The van der Waals surface area contributed by atoms with Crippen molar-refractivity contribution in [1.82, 2.24) is 9.29 Å². The summed E-state index contributed by atoms with van der Waals surface area (Å²) in [6.07, 6.45) is 2.12. The van der Waals surface area contributed by atoms with Crippen molar-refractivity contribution in [1.29, 1.82) is 0 Å². The van der Waals surface area contributed by atoms with Crippen LogP contribution >= 0.6 is 11.6 Å². The SMILES string of the molecule is CNCc1cn(S(=O)(=O)c2ccccc2F)c2cc(Cc3ccc(C)cc3Cl)ccc12. The van der Waals surface area contributed by atoms with Crippen molar-refractivity contribution in [2.75, 3.05) is 7.05 Å². The first-order chi connectivity index (χ1) is 14.8. The zero-order valence-corrected chi connectivity index (χ0v) is 18.8. The van der Waals surface area contributed by atoms with E-state index in [-0.39, 0.29) is 4.90 Å². The summed E-state index contributed by atoms with van der Waals surface area (Å²) in [5.41, 5.74) is 4.27. The molecule has 3 aromatic carbocycles. The molecular weight excluding hydrogens is 435 g/mol. The Bertz CT molecular complexity index is 1380. The summed E-state index contributed by atoms with van der Waals surface area (Å²) in [7, 11) is -2.32. The number of nitrogens with one attached hydrogen (secondary N) is 1. The van der Waals surface area contributed by atoms with Crippen LogP contribution in [0.15, 0.2) is 71.8 Å². The molecule has 0 radical (unpaired) electrons. The third kappa shape index (κ3) is 4.11. The normalized spacial score (nSPS) is 11.9. The standard InChI is InChI=1S/C24H22ClFN2O2S/c1-16-7-9-18(21(25)11-16)12-17-8-10-20-19(14-27-2)15-28(23(20)13-17)31(29,30)24-6-4-3-5-22(24)26/h3-11,13,15,27H,12,14H2,1-2H3. The van der Waals surface area contributed by atoms with Crippen molar-refractivity contribution >= 4 is 32.5 Å². The molecule has 0 bridgehead atoms. The van der Waals surface area contributed by atoms with Crippen LogP contribution in [0.3, 0.4) is 0 Å². The van der Waals surface area contributed by atoms with Crippen LogP contribution in [-0.2, 0) is 23.0 Å². The molecule has 0 saturated heterocycles. The molecule has 0 aliphatic carbocycles. The second-order valence-electron chi connectivity index (χ2n) is 7.54. The lowest BCUT2D eigenvalue weighted by atomic mass is 10.0. The third-order valence-electron chi connectivity index (χ3n) is 5.26. The summed E-state index contributed by atoms with van der Waals surface area (Å²) in [5.74, 6) is -0.776. The van der Waals surface area contributed by atoms with Gasteiger partial charge in [-0.1, -0.05) is 48.0 Å². The van der Waals surface area contributed by atoms with Crippen LogP contribution in [0.1, 0.15) is 22.3 Å². The molecule has 1 heterocycles. The lowest BCUT2D eigenvalue weighted by molar-refractivity contribution is 0.562. The van der Waals surface area contributed by atoms with E-state index in [9.17, 15) is 12.8 Å². The number of hydrogen-bond donors (Lipinski definition) is 1. The highest BCUT2D eigenvalue weighted by atomic mass is 35.5. The van der Waals surface area contributed by atoms with E-state index in [1.165, 1.54) is 22.2 Å². The second kappa shape index (κ2) is 8.46. The van der Waals surface area contributed by atoms with Crippen LogP contribution in [0.4, 0.5) is 4.39 Å². The molecule has 4 aromatic rings. The molecule has 4 rings (SSSR count). The molecule has 0 unspecified atom stereocenters. The third-order valence-corrected chi connectivity index (χ3v) is 7.32. The maximum atomic E-state index is 14.4. The summed E-state index contributed by atoms with van der Waals surface area (Å²) in [6.45, 7) is 2.46. The minimum atomic E-state index is -4.11. The highest BCUT2D eigenvalue weighted by Gasteiger charge is 2.24. The first-order valence-corrected chi connectivity index (χ1v) is 11.7. The van der Waals surface area contributed by atoms with Gasteiger partial charge in [0.2, 0.25) is 0 Å². The topological polar surface area (TPSA) is 51.1 Å². The van der Waals surface area contributed by atoms with E-state index in [4.69, 9.17) is 11.6 Å². The van der Waals surface area contributed by atoms with Crippen LogP contribution in [-0.4, -0.2) is 19.4 Å². The minimum absolute atomic E-state index is 0.352. The Hall–Kier alpha value is -2.67. The Morgan fingerprint density at radius 2 is 1.81 bits per heavy atom. The van der Waals surface area contributed by atoms with Crippen LogP contribution in [0.2, 0.25) is 5.02 Å². The van der Waals surface area contributed by atoms with Gasteiger partial charge in [-0.3, -0.25) is 0 Å². The minimum Gasteiger partial charge on any atom is -0.316 e. The molecule has 4 nitrogen and oxygen atoms in total. The van der Waals surface area contributed by atoms with Gasteiger partial charge in [-0.2, -0.15) is 0 Å². The Morgan fingerprint density at radius 3 is 2.52 bits per heavy atom. The van der Waals surface area contributed by atoms with Crippen LogP contribution < -0.4 is 5.32 Å². The highest BCUT2D eigenvalue weighted by molar-refractivity contribution is 7.90. The van der Waals surface area contributed by atoms with Gasteiger partial charge in [-0.25, -0.2) is 16.8 Å². The molecule has 1 aromatic heterocycles. The van der Waals surface area contributed by atoms with E-state index < -0.39 is 15.8 Å². The summed E-state index contributed by atoms with van der Waals surface area (Å²) in [5, 5.41) is 4.53. The molecule has 1 N–H and O–H groups in total. The average Bonchev–Trinajstić information content (AvgIpc) is 3.09. The number of nitrogens with zero attached hydrogens (tertiary/aromatic N) is 1. The molecule has 0 spiro atoms. The van der Waals surface area contributed by atoms with E-state index in [0.717, 1.165) is 33.7 Å². The predicted octanol–water partition coefficient (Wildman–Crippen LogP) is 5.29. The molecule has 0 amide bonds. The Labute approximate surface area is 186 Å². The number of rotatable bonds is 6. The maximum Gasteiger partial charge on any atom is 0.271 e. The quantitative estimate of drug-likeness (QED) is 0.429. The van der Waals surface area contributed by atoms with Crippen molar-refractivity contribution in [2.24, 2.45) is 0 Å². The van der Waals surface area contributed by atoms with Gasteiger partial charge in [0, 0.05) is 23.2 Å².